The molecule has 0 aliphatic heterocycles. The maximum absolute atomic E-state index is 11.7. The lowest BCUT2D eigenvalue weighted by Gasteiger charge is -2.22. The molecular weight excluding hydrogens is 270 g/mol. The Bertz CT molecular complexity index is 506. The van der Waals surface area contributed by atoms with E-state index in [1.165, 1.54) is 0 Å². The first-order valence-corrected chi connectivity index (χ1v) is 6.98. The Balaban J connectivity index is 2.73. The van der Waals surface area contributed by atoms with E-state index in [4.69, 9.17) is 9.47 Å². The third-order valence-corrected chi connectivity index (χ3v) is 2.89. The summed E-state index contributed by atoms with van der Waals surface area (Å²) in [4.78, 5) is 11.7. The lowest BCUT2D eigenvalue weighted by Crippen LogP contribution is -2.38. The lowest BCUT2D eigenvalue weighted by molar-refractivity contribution is 0.0508. The number of benzene rings is 1. The minimum atomic E-state index is -0.524. The summed E-state index contributed by atoms with van der Waals surface area (Å²) in [7, 11) is 1.58. The molecule has 1 aromatic rings. The number of alkyl carbamates (subject to hydrolysis) is 1. The molecule has 0 radical (unpaired) electrons. The number of aromatic hydroxyl groups is 1. The van der Waals surface area contributed by atoms with E-state index < -0.39 is 11.7 Å². The van der Waals surface area contributed by atoms with E-state index in [0.717, 1.165) is 11.1 Å². The van der Waals surface area contributed by atoms with Crippen molar-refractivity contribution in [3.05, 3.63) is 23.3 Å². The van der Waals surface area contributed by atoms with Gasteiger partial charge in [-0.2, -0.15) is 0 Å². The first kappa shape index (κ1) is 17.1. The number of amides is 1. The largest absolute Gasteiger partial charge is 0.508 e. The molecular formula is C16H25NO4. The Kier molecular flexibility index (Phi) is 5.47. The number of aryl methyl sites for hydroxylation is 1. The first-order chi connectivity index (χ1) is 9.62. The summed E-state index contributed by atoms with van der Waals surface area (Å²) in [5.41, 5.74) is 1.07. The summed E-state index contributed by atoms with van der Waals surface area (Å²) >= 11 is 0. The van der Waals surface area contributed by atoms with Crippen LogP contribution in [0.4, 0.5) is 4.79 Å². The highest BCUT2D eigenvalue weighted by molar-refractivity contribution is 5.68. The number of phenols is 1. The number of rotatable bonds is 4. The fourth-order valence-corrected chi connectivity index (χ4v) is 1.95. The number of carbonyl (C=O) groups is 1. The summed E-state index contributed by atoms with van der Waals surface area (Å²) in [6, 6.07) is 3.31. The van der Waals surface area contributed by atoms with Gasteiger partial charge >= 0.3 is 6.09 Å². The van der Waals surface area contributed by atoms with Gasteiger partial charge in [0.2, 0.25) is 0 Å². The number of hydrogen-bond donors (Lipinski definition) is 2. The van der Waals surface area contributed by atoms with Crippen molar-refractivity contribution in [3.63, 3.8) is 0 Å². The fraction of sp³-hybridized carbons (Fsp3) is 0.562. The van der Waals surface area contributed by atoms with Gasteiger partial charge in [-0.25, -0.2) is 4.79 Å². The minimum absolute atomic E-state index is 0.143. The number of nitrogens with one attached hydrogen (secondary N) is 1. The summed E-state index contributed by atoms with van der Waals surface area (Å²) < 4.78 is 10.5. The van der Waals surface area contributed by atoms with Crippen LogP contribution in [-0.2, 0) is 11.2 Å². The third kappa shape index (κ3) is 5.53. The van der Waals surface area contributed by atoms with E-state index in [9.17, 15) is 9.90 Å². The van der Waals surface area contributed by atoms with Crippen LogP contribution in [0.3, 0.4) is 0 Å². The molecule has 5 nitrogen and oxygen atoms in total. The van der Waals surface area contributed by atoms with Crippen LogP contribution in [0.2, 0.25) is 0 Å². The Labute approximate surface area is 126 Å². The molecule has 0 aliphatic rings. The van der Waals surface area contributed by atoms with Crippen molar-refractivity contribution in [1.29, 1.82) is 0 Å². The SMILES string of the molecule is COc1cc(C)c(O)cc1CC(C)NC(=O)OC(C)(C)C. The molecule has 0 saturated carbocycles. The molecule has 0 bridgehead atoms. The number of methoxy groups -OCH3 is 1. The highest BCUT2D eigenvalue weighted by atomic mass is 16.6. The molecule has 0 aromatic heterocycles. The summed E-state index contributed by atoms with van der Waals surface area (Å²) in [5, 5.41) is 12.6. The summed E-state index contributed by atoms with van der Waals surface area (Å²) in [6.07, 6.45) is 0.0845. The van der Waals surface area contributed by atoms with Crippen molar-refractivity contribution in [2.24, 2.45) is 0 Å². The quantitative estimate of drug-likeness (QED) is 0.895. The molecule has 5 heteroatoms. The zero-order chi connectivity index (χ0) is 16.2. The predicted octanol–water partition coefficient (Wildman–Crippen LogP) is 3.16. The van der Waals surface area contributed by atoms with Gasteiger partial charge in [0.05, 0.1) is 7.11 Å². The van der Waals surface area contributed by atoms with Crippen LogP contribution in [0.1, 0.15) is 38.8 Å². The molecule has 1 unspecified atom stereocenters. The van der Waals surface area contributed by atoms with Crippen molar-refractivity contribution in [3.8, 4) is 11.5 Å². The predicted molar refractivity (Wildman–Crippen MR) is 81.9 cm³/mol. The molecule has 118 valence electrons. The van der Waals surface area contributed by atoms with E-state index in [1.807, 2.05) is 34.6 Å². The molecule has 21 heavy (non-hydrogen) atoms. The third-order valence-electron chi connectivity index (χ3n) is 2.89. The van der Waals surface area contributed by atoms with Gasteiger partial charge in [-0.1, -0.05) is 0 Å². The van der Waals surface area contributed by atoms with E-state index in [-0.39, 0.29) is 11.8 Å². The average molecular weight is 295 g/mol. The number of carbonyl (C=O) groups excluding carboxylic acids is 1. The molecule has 0 fully saturated rings. The summed E-state index contributed by atoms with van der Waals surface area (Å²) in [5.74, 6) is 0.915. The van der Waals surface area contributed by atoms with E-state index >= 15 is 0 Å². The molecule has 1 atom stereocenters. The lowest BCUT2D eigenvalue weighted by atomic mass is 10.0. The van der Waals surface area contributed by atoms with Gasteiger partial charge in [-0.15, -0.1) is 0 Å². The molecule has 1 rings (SSSR count). The van der Waals surface area contributed by atoms with E-state index in [2.05, 4.69) is 5.32 Å². The molecule has 1 amide bonds. The van der Waals surface area contributed by atoms with Crippen molar-refractivity contribution in [2.75, 3.05) is 7.11 Å². The Hall–Kier alpha value is -1.91. The van der Waals surface area contributed by atoms with Gasteiger partial charge in [0, 0.05) is 6.04 Å². The standard InChI is InChI=1S/C16H25NO4/c1-10-7-14(20-6)12(9-13(10)18)8-11(2)17-15(19)21-16(3,4)5/h7,9,11,18H,8H2,1-6H3,(H,17,19). The normalized spacial score (nSPS) is 12.7. The van der Waals surface area contributed by atoms with Gasteiger partial charge in [-0.05, 0) is 64.3 Å². The second-order valence-electron chi connectivity index (χ2n) is 6.20. The number of ether oxygens (including phenoxy) is 2. The molecule has 0 saturated heterocycles. The van der Waals surface area contributed by atoms with Gasteiger partial charge in [0.25, 0.3) is 0 Å². The van der Waals surface area contributed by atoms with E-state index in [1.54, 1.807) is 19.2 Å². The summed E-state index contributed by atoms with van der Waals surface area (Å²) in [6.45, 7) is 9.14. The second-order valence-corrected chi connectivity index (χ2v) is 6.20. The molecule has 0 heterocycles. The first-order valence-electron chi connectivity index (χ1n) is 6.98. The van der Waals surface area contributed by atoms with Crippen LogP contribution < -0.4 is 10.1 Å². The number of phenolic OH excluding ortho intramolecular Hbond substituents is 1. The van der Waals surface area contributed by atoms with Crippen molar-refractivity contribution >= 4 is 6.09 Å². The van der Waals surface area contributed by atoms with Crippen LogP contribution in [-0.4, -0.2) is 30.0 Å². The van der Waals surface area contributed by atoms with Gasteiger partial charge in [0.1, 0.15) is 17.1 Å². The molecule has 2 N–H and O–H groups in total. The van der Waals surface area contributed by atoms with Gasteiger partial charge < -0.3 is 19.9 Å². The topological polar surface area (TPSA) is 67.8 Å². The molecule has 1 aromatic carbocycles. The van der Waals surface area contributed by atoms with Gasteiger partial charge in [0.15, 0.2) is 0 Å². The maximum atomic E-state index is 11.7. The Morgan fingerprint density at radius 3 is 2.52 bits per heavy atom. The zero-order valence-electron chi connectivity index (χ0n) is 13.6. The number of hydrogen-bond acceptors (Lipinski definition) is 4. The van der Waals surface area contributed by atoms with Crippen molar-refractivity contribution in [1.82, 2.24) is 5.32 Å². The van der Waals surface area contributed by atoms with Crippen molar-refractivity contribution < 1.29 is 19.4 Å². The van der Waals surface area contributed by atoms with Crippen LogP contribution in [0.25, 0.3) is 0 Å². The minimum Gasteiger partial charge on any atom is -0.508 e. The van der Waals surface area contributed by atoms with Crippen molar-refractivity contribution in [2.45, 2.75) is 52.7 Å². The molecule has 0 aliphatic carbocycles. The Morgan fingerprint density at radius 2 is 2.00 bits per heavy atom. The van der Waals surface area contributed by atoms with Gasteiger partial charge in [-0.3, -0.25) is 0 Å². The average Bonchev–Trinajstić information content (AvgIpc) is 2.30. The highest BCUT2D eigenvalue weighted by Gasteiger charge is 2.18. The van der Waals surface area contributed by atoms with Crippen LogP contribution >= 0.6 is 0 Å². The van der Waals surface area contributed by atoms with Crippen LogP contribution in [0.15, 0.2) is 12.1 Å². The zero-order valence-corrected chi connectivity index (χ0v) is 13.6. The Morgan fingerprint density at radius 1 is 1.38 bits per heavy atom. The highest BCUT2D eigenvalue weighted by Crippen LogP contribution is 2.28. The maximum Gasteiger partial charge on any atom is 0.407 e. The second kappa shape index (κ2) is 6.70. The van der Waals surface area contributed by atoms with Crippen LogP contribution in [0.5, 0.6) is 11.5 Å². The molecule has 0 spiro atoms. The van der Waals surface area contributed by atoms with Crippen LogP contribution in [0, 0.1) is 6.92 Å². The fourth-order valence-electron chi connectivity index (χ4n) is 1.95. The monoisotopic (exact) mass is 295 g/mol. The van der Waals surface area contributed by atoms with E-state index in [0.29, 0.717) is 12.2 Å². The smallest absolute Gasteiger partial charge is 0.407 e.